The van der Waals surface area contributed by atoms with E-state index in [1.54, 1.807) is 12.1 Å². The number of nitriles is 1. The molecular weight excluding hydrogens is 392 g/mol. The van der Waals surface area contributed by atoms with Crippen LogP contribution in [0.1, 0.15) is 34.4 Å². The Kier molecular flexibility index (Phi) is 6.52. The van der Waals surface area contributed by atoms with Crippen molar-refractivity contribution in [2.75, 3.05) is 19.0 Å². The molecule has 0 saturated carbocycles. The number of rotatable bonds is 6. The molecule has 1 amide bonds. The Bertz CT molecular complexity index is 1000. The quantitative estimate of drug-likeness (QED) is 0.556. The molecule has 8 heteroatoms. The first-order valence-electron chi connectivity index (χ1n) is 9.08. The molecule has 1 aliphatic carbocycles. The zero-order chi connectivity index (χ0) is 20.8. The van der Waals surface area contributed by atoms with Crippen LogP contribution in [-0.4, -0.2) is 30.7 Å². The average molecular weight is 412 g/mol. The number of nitrogens with one attached hydrogen (secondary N) is 1. The molecular formula is C21H20N2O5S. The lowest BCUT2D eigenvalue weighted by Gasteiger charge is -2.09. The number of hydrogen-bond donors (Lipinski definition) is 2. The number of esters is 1. The van der Waals surface area contributed by atoms with Gasteiger partial charge in [0.25, 0.3) is 5.91 Å². The first-order chi connectivity index (χ1) is 14.0. The fourth-order valence-corrected chi connectivity index (χ4v) is 4.34. The largest absolute Gasteiger partial charge is 0.504 e. The first kappa shape index (κ1) is 20.4. The van der Waals surface area contributed by atoms with E-state index in [0.29, 0.717) is 16.1 Å². The van der Waals surface area contributed by atoms with Gasteiger partial charge in [-0.25, -0.2) is 4.79 Å². The maximum atomic E-state index is 12.1. The summed E-state index contributed by atoms with van der Waals surface area (Å²) in [5.41, 5.74) is 2.18. The third-order valence-corrected chi connectivity index (χ3v) is 5.70. The van der Waals surface area contributed by atoms with E-state index in [9.17, 15) is 20.0 Å². The maximum absolute atomic E-state index is 12.1. The molecule has 1 aromatic carbocycles. The lowest BCUT2D eigenvalue weighted by Crippen LogP contribution is -2.20. The number of carbonyl (C=O) groups excluding carboxylic acids is 2. The van der Waals surface area contributed by atoms with Crippen molar-refractivity contribution in [1.29, 1.82) is 5.26 Å². The summed E-state index contributed by atoms with van der Waals surface area (Å²) in [6.07, 6.45) is 6.58. The summed E-state index contributed by atoms with van der Waals surface area (Å²) in [5.74, 6) is -0.894. The predicted octanol–water partition coefficient (Wildman–Crippen LogP) is 3.41. The molecule has 0 radical (unpaired) electrons. The first-order valence-corrected chi connectivity index (χ1v) is 9.89. The Morgan fingerprint density at radius 2 is 2.14 bits per heavy atom. The fraction of sp³-hybridized carbons (Fsp3) is 0.286. The molecule has 1 aromatic heterocycles. The number of carbonyl (C=O) groups is 2. The number of aromatic hydroxyl groups is 1. The minimum Gasteiger partial charge on any atom is -0.504 e. The molecule has 0 fully saturated rings. The Morgan fingerprint density at radius 1 is 1.34 bits per heavy atom. The maximum Gasteiger partial charge on any atom is 0.331 e. The van der Waals surface area contributed by atoms with Crippen LogP contribution in [0.3, 0.4) is 0 Å². The minimum absolute atomic E-state index is 0.00380. The van der Waals surface area contributed by atoms with E-state index in [4.69, 9.17) is 9.47 Å². The SMILES string of the molecule is COc1cc(C=CC(=O)OCC(=O)Nc2sc3c(c2C#N)CCCC3)ccc1O. The van der Waals surface area contributed by atoms with E-state index >= 15 is 0 Å². The van der Waals surface area contributed by atoms with E-state index in [2.05, 4.69) is 11.4 Å². The van der Waals surface area contributed by atoms with Crippen molar-refractivity contribution in [3.63, 3.8) is 0 Å². The highest BCUT2D eigenvalue weighted by Crippen LogP contribution is 2.37. The zero-order valence-electron chi connectivity index (χ0n) is 15.9. The van der Waals surface area contributed by atoms with Gasteiger partial charge in [-0.2, -0.15) is 5.26 Å². The summed E-state index contributed by atoms with van der Waals surface area (Å²) in [5, 5.41) is 22.2. The van der Waals surface area contributed by atoms with Gasteiger partial charge >= 0.3 is 5.97 Å². The van der Waals surface area contributed by atoms with Crippen molar-refractivity contribution < 1.29 is 24.2 Å². The molecule has 0 aliphatic heterocycles. The Balaban J connectivity index is 1.55. The Labute approximate surface area is 172 Å². The number of phenolic OH excluding ortho intramolecular Hbond substituents is 1. The van der Waals surface area contributed by atoms with E-state index < -0.39 is 18.5 Å². The van der Waals surface area contributed by atoms with Crippen LogP contribution in [0, 0.1) is 11.3 Å². The molecule has 0 atom stereocenters. The van der Waals surface area contributed by atoms with Crippen LogP contribution in [-0.2, 0) is 27.2 Å². The normalized spacial score (nSPS) is 12.8. The second-order valence-corrected chi connectivity index (χ2v) is 7.55. The molecule has 29 heavy (non-hydrogen) atoms. The third kappa shape index (κ3) is 4.95. The summed E-state index contributed by atoms with van der Waals surface area (Å²) >= 11 is 1.42. The van der Waals surface area contributed by atoms with E-state index in [1.165, 1.54) is 36.7 Å². The van der Waals surface area contributed by atoms with Crippen molar-refractivity contribution in [3.05, 3.63) is 45.8 Å². The number of anilines is 1. The highest BCUT2D eigenvalue weighted by atomic mass is 32.1. The van der Waals surface area contributed by atoms with Gasteiger partial charge in [0.05, 0.1) is 12.7 Å². The highest BCUT2D eigenvalue weighted by molar-refractivity contribution is 7.16. The van der Waals surface area contributed by atoms with Crippen LogP contribution >= 0.6 is 11.3 Å². The van der Waals surface area contributed by atoms with Gasteiger partial charge in [-0.1, -0.05) is 6.07 Å². The van der Waals surface area contributed by atoms with E-state index in [1.807, 2.05) is 0 Å². The van der Waals surface area contributed by atoms with Gasteiger partial charge in [-0.15, -0.1) is 11.3 Å². The standard InChI is InChI=1S/C21H20N2O5S/c1-27-17-10-13(6-8-16(17)24)7-9-20(26)28-12-19(25)23-21-15(11-22)14-4-2-3-5-18(14)29-21/h6-10,24H,2-5,12H2,1H3,(H,23,25). The minimum atomic E-state index is -0.682. The predicted molar refractivity (Wildman–Crippen MR) is 109 cm³/mol. The smallest absolute Gasteiger partial charge is 0.331 e. The molecule has 0 unspecified atom stereocenters. The third-order valence-electron chi connectivity index (χ3n) is 4.50. The molecule has 150 valence electrons. The van der Waals surface area contributed by atoms with Crippen molar-refractivity contribution in [2.45, 2.75) is 25.7 Å². The molecule has 1 aliphatic rings. The summed E-state index contributed by atoms with van der Waals surface area (Å²) in [6.45, 7) is -0.449. The van der Waals surface area contributed by atoms with Crippen LogP contribution in [0.25, 0.3) is 6.08 Å². The van der Waals surface area contributed by atoms with Crippen molar-refractivity contribution >= 4 is 34.3 Å². The molecule has 7 nitrogen and oxygen atoms in total. The lowest BCUT2D eigenvalue weighted by atomic mass is 9.96. The number of nitrogens with zero attached hydrogens (tertiary/aromatic N) is 1. The topological polar surface area (TPSA) is 109 Å². The van der Waals surface area contributed by atoms with Gasteiger partial charge in [0.15, 0.2) is 18.1 Å². The number of methoxy groups -OCH3 is 1. The number of ether oxygens (including phenoxy) is 2. The van der Waals surface area contributed by atoms with Crippen LogP contribution in [0.15, 0.2) is 24.3 Å². The number of amides is 1. The zero-order valence-corrected chi connectivity index (χ0v) is 16.7. The Morgan fingerprint density at radius 3 is 2.90 bits per heavy atom. The molecule has 0 spiro atoms. The molecule has 1 heterocycles. The molecule has 3 rings (SSSR count). The summed E-state index contributed by atoms with van der Waals surface area (Å²) in [6, 6.07) is 6.79. The molecule has 0 bridgehead atoms. The number of phenols is 1. The summed E-state index contributed by atoms with van der Waals surface area (Å²) < 4.78 is 9.96. The fourth-order valence-electron chi connectivity index (χ4n) is 3.08. The molecule has 2 aromatic rings. The highest BCUT2D eigenvalue weighted by Gasteiger charge is 2.21. The van der Waals surface area contributed by atoms with Gasteiger partial charge in [-0.3, -0.25) is 4.79 Å². The lowest BCUT2D eigenvalue weighted by molar-refractivity contribution is -0.142. The van der Waals surface area contributed by atoms with Gasteiger partial charge in [0.1, 0.15) is 11.1 Å². The summed E-state index contributed by atoms with van der Waals surface area (Å²) in [7, 11) is 1.43. The van der Waals surface area contributed by atoms with Gasteiger partial charge < -0.3 is 19.9 Å². The van der Waals surface area contributed by atoms with E-state index in [0.717, 1.165) is 36.1 Å². The van der Waals surface area contributed by atoms with Crippen molar-refractivity contribution in [3.8, 4) is 17.6 Å². The Hall–Kier alpha value is -3.31. The van der Waals surface area contributed by atoms with Crippen LogP contribution < -0.4 is 10.1 Å². The number of thiophene rings is 1. The number of fused-ring (bicyclic) bond motifs is 1. The summed E-state index contributed by atoms with van der Waals surface area (Å²) in [4.78, 5) is 25.1. The second-order valence-electron chi connectivity index (χ2n) is 6.45. The number of hydrogen-bond acceptors (Lipinski definition) is 7. The van der Waals surface area contributed by atoms with Gasteiger partial charge in [-0.05, 0) is 55.0 Å². The van der Waals surface area contributed by atoms with Gasteiger partial charge in [0, 0.05) is 11.0 Å². The van der Waals surface area contributed by atoms with Gasteiger partial charge in [0.2, 0.25) is 0 Å². The van der Waals surface area contributed by atoms with Crippen molar-refractivity contribution in [2.24, 2.45) is 0 Å². The average Bonchev–Trinajstić information content (AvgIpc) is 3.08. The van der Waals surface area contributed by atoms with Crippen molar-refractivity contribution in [1.82, 2.24) is 0 Å². The van der Waals surface area contributed by atoms with Crippen LogP contribution in [0.4, 0.5) is 5.00 Å². The van der Waals surface area contributed by atoms with Crippen LogP contribution in [0.2, 0.25) is 0 Å². The number of aryl methyl sites for hydroxylation is 1. The van der Waals surface area contributed by atoms with Crippen LogP contribution in [0.5, 0.6) is 11.5 Å². The molecule has 0 saturated heterocycles. The molecule has 2 N–H and O–H groups in total. The number of benzene rings is 1. The second kappa shape index (κ2) is 9.26. The monoisotopic (exact) mass is 412 g/mol. The van der Waals surface area contributed by atoms with E-state index in [-0.39, 0.29) is 11.5 Å².